The summed E-state index contributed by atoms with van der Waals surface area (Å²) in [6.45, 7) is 1.25. The molecule has 19 heavy (non-hydrogen) atoms. The molecule has 1 heterocycles. The molecule has 2 aromatic rings. The first-order valence-electron chi connectivity index (χ1n) is 6.05. The summed E-state index contributed by atoms with van der Waals surface area (Å²) >= 11 is 0. The minimum Gasteiger partial charge on any atom is -0.465 e. The number of benzene rings is 1. The van der Waals surface area contributed by atoms with Crippen LogP contribution in [0.4, 0.5) is 0 Å². The van der Waals surface area contributed by atoms with E-state index < -0.39 is 0 Å². The highest BCUT2D eigenvalue weighted by molar-refractivity contribution is 5.90. The van der Waals surface area contributed by atoms with Gasteiger partial charge in [0.2, 0.25) is 0 Å². The number of nitrogens with zero attached hydrogens (tertiary/aromatic N) is 2. The lowest BCUT2D eigenvalue weighted by molar-refractivity contribution is 0.0599. The molecule has 0 radical (unpaired) electrons. The van der Waals surface area contributed by atoms with Crippen LogP contribution in [0.15, 0.2) is 36.7 Å². The zero-order valence-electron chi connectivity index (χ0n) is 11.1. The molecule has 0 aliphatic heterocycles. The number of aryl methyl sites for hydroxylation is 1. The molecule has 5 heteroatoms. The fraction of sp³-hybridized carbons (Fsp3) is 0.286. The highest BCUT2D eigenvalue weighted by atomic mass is 16.5. The average Bonchev–Trinajstić information content (AvgIpc) is 2.84. The predicted octanol–water partition coefficient (Wildman–Crippen LogP) is 1.50. The van der Waals surface area contributed by atoms with Gasteiger partial charge in [-0.05, 0) is 11.6 Å². The molecule has 1 aromatic carbocycles. The highest BCUT2D eigenvalue weighted by Gasteiger charge is 2.10. The number of methoxy groups -OCH3 is 1. The smallest absolute Gasteiger partial charge is 0.338 e. The zero-order chi connectivity index (χ0) is 13.7. The summed E-state index contributed by atoms with van der Waals surface area (Å²) in [5, 5.41) is 3.27. The quantitative estimate of drug-likeness (QED) is 0.827. The van der Waals surface area contributed by atoms with Crippen LogP contribution in [0.2, 0.25) is 0 Å². The zero-order valence-corrected chi connectivity index (χ0v) is 11.1. The van der Waals surface area contributed by atoms with Crippen molar-refractivity contribution in [2.24, 2.45) is 7.05 Å². The normalized spacial score (nSPS) is 10.4. The molecule has 2 rings (SSSR count). The number of imidazole rings is 1. The summed E-state index contributed by atoms with van der Waals surface area (Å²) in [6.07, 6.45) is 3.67. The standard InChI is InChI=1S/C14H17N3O2/c1-17-8-7-16-13(17)10-15-9-11-5-3-4-6-12(11)14(18)19-2/h3-8,15H,9-10H2,1-2H3. The molecule has 0 bridgehead atoms. The second-order valence-corrected chi connectivity index (χ2v) is 4.21. The van der Waals surface area contributed by atoms with Crippen LogP contribution in [0.5, 0.6) is 0 Å². The predicted molar refractivity (Wildman–Crippen MR) is 71.5 cm³/mol. The number of ether oxygens (including phenoxy) is 1. The van der Waals surface area contributed by atoms with E-state index >= 15 is 0 Å². The minimum absolute atomic E-state index is 0.311. The largest absolute Gasteiger partial charge is 0.465 e. The van der Waals surface area contributed by atoms with Gasteiger partial charge in [0.25, 0.3) is 0 Å². The second-order valence-electron chi connectivity index (χ2n) is 4.21. The third-order valence-electron chi connectivity index (χ3n) is 2.94. The average molecular weight is 259 g/mol. The van der Waals surface area contributed by atoms with E-state index in [-0.39, 0.29) is 5.97 Å². The first-order valence-corrected chi connectivity index (χ1v) is 6.05. The van der Waals surface area contributed by atoms with Crippen molar-refractivity contribution in [1.29, 1.82) is 0 Å². The van der Waals surface area contributed by atoms with Crippen molar-refractivity contribution in [3.63, 3.8) is 0 Å². The summed E-state index contributed by atoms with van der Waals surface area (Å²) in [7, 11) is 3.34. The molecule has 0 saturated carbocycles. The second kappa shape index (κ2) is 6.15. The summed E-state index contributed by atoms with van der Waals surface area (Å²) in [5.41, 5.74) is 1.51. The van der Waals surface area contributed by atoms with Crippen molar-refractivity contribution < 1.29 is 9.53 Å². The van der Waals surface area contributed by atoms with Crippen LogP contribution in [0, 0.1) is 0 Å². The Bertz CT molecular complexity index is 563. The maximum atomic E-state index is 11.6. The molecule has 0 aliphatic rings. The van der Waals surface area contributed by atoms with Gasteiger partial charge >= 0.3 is 5.97 Å². The van der Waals surface area contributed by atoms with Gasteiger partial charge in [-0.1, -0.05) is 18.2 Å². The topological polar surface area (TPSA) is 56.1 Å². The molecule has 0 spiro atoms. The fourth-order valence-electron chi connectivity index (χ4n) is 1.86. The van der Waals surface area contributed by atoms with Crippen molar-refractivity contribution in [3.05, 3.63) is 53.6 Å². The third kappa shape index (κ3) is 3.20. The van der Waals surface area contributed by atoms with Crippen LogP contribution in [0.1, 0.15) is 21.7 Å². The number of carbonyl (C=O) groups excluding carboxylic acids is 1. The molecule has 100 valence electrons. The lowest BCUT2D eigenvalue weighted by Crippen LogP contribution is -2.18. The molecule has 0 saturated heterocycles. The van der Waals surface area contributed by atoms with E-state index in [1.807, 2.05) is 36.0 Å². The molecule has 0 unspecified atom stereocenters. The molecular weight excluding hydrogens is 242 g/mol. The van der Waals surface area contributed by atoms with Crippen LogP contribution in [-0.2, 0) is 24.9 Å². The van der Waals surface area contributed by atoms with Gasteiger partial charge in [-0.15, -0.1) is 0 Å². The lowest BCUT2D eigenvalue weighted by atomic mass is 10.1. The van der Waals surface area contributed by atoms with Gasteiger partial charge in [0.05, 0.1) is 19.2 Å². The Morgan fingerprint density at radius 2 is 2.16 bits per heavy atom. The molecular formula is C14H17N3O2. The van der Waals surface area contributed by atoms with Gasteiger partial charge in [-0.2, -0.15) is 0 Å². The van der Waals surface area contributed by atoms with Gasteiger partial charge in [0.1, 0.15) is 5.82 Å². The van der Waals surface area contributed by atoms with E-state index in [0.29, 0.717) is 18.7 Å². The van der Waals surface area contributed by atoms with Crippen molar-refractivity contribution in [2.75, 3.05) is 7.11 Å². The van der Waals surface area contributed by atoms with Crippen molar-refractivity contribution in [3.8, 4) is 0 Å². The van der Waals surface area contributed by atoms with E-state index in [0.717, 1.165) is 11.4 Å². The van der Waals surface area contributed by atoms with Gasteiger partial charge in [0, 0.05) is 26.0 Å². The number of esters is 1. The molecule has 1 aromatic heterocycles. The van der Waals surface area contributed by atoms with Crippen molar-refractivity contribution in [2.45, 2.75) is 13.1 Å². The molecule has 0 aliphatic carbocycles. The van der Waals surface area contributed by atoms with Crippen LogP contribution in [0.25, 0.3) is 0 Å². The fourth-order valence-corrected chi connectivity index (χ4v) is 1.86. The number of carbonyl (C=O) groups is 1. The Balaban J connectivity index is 2.00. The first kappa shape index (κ1) is 13.3. The third-order valence-corrected chi connectivity index (χ3v) is 2.94. The van der Waals surface area contributed by atoms with Crippen molar-refractivity contribution >= 4 is 5.97 Å². The molecule has 0 atom stereocenters. The number of hydrogen-bond acceptors (Lipinski definition) is 4. The van der Waals surface area contributed by atoms with Crippen LogP contribution in [0.3, 0.4) is 0 Å². The van der Waals surface area contributed by atoms with Gasteiger partial charge < -0.3 is 14.6 Å². The Morgan fingerprint density at radius 1 is 1.37 bits per heavy atom. The summed E-state index contributed by atoms with van der Waals surface area (Å²) < 4.78 is 6.72. The van der Waals surface area contributed by atoms with Crippen molar-refractivity contribution in [1.82, 2.24) is 14.9 Å². The number of rotatable bonds is 5. The summed E-state index contributed by atoms with van der Waals surface area (Å²) in [5.74, 6) is 0.643. The molecule has 5 nitrogen and oxygen atoms in total. The van der Waals surface area contributed by atoms with Gasteiger partial charge in [-0.3, -0.25) is 0 Å². The maximum Gasteiger partial charge on any atom is 0.338 e. The van der Waals surface area contributed by atoms with E-state index in [1.165, 1.54) is 7.11 Å². The molecule has 1 N–H and O–H groups in total. The highest BCUT2D eigenvalue weighted by Crippen LogP contribution is 2.10. The number of hydrogen-bond donors (Lipinski definition) is 1. The maximum absolute atomic E-state index is 11.6. The van der Waals surface area contributed by atoms with E-state index in [9.17, 15) is 4.79 Å². The molecule has 0 amide bonds. The Kier molecular flexibility index (Phi) is 4.30. The van der Waals surface area contributed by atoms with Gasteiger partial charge in [-0.25, -0.2) is 9.78 Å². The van der Waals surface area contributed by atoms with Crippen LogP contribution < -0.4 is 5.32 Å². The Labute approximate surface area is 112 Å². The van der Waals surface area contributed by atoms with E-state index in [1.54, 1.807) is 12.3 Å². The van der Waals surface area contributed by atoms with Gasteiger partial charge in [0.15, 0.2) is 0 Å². The summed E-state index contributed by atoms with van der Waals surface area (Å²) in [4.78, 5) is 15.8. The summed E-state index contributed by atoms with van der Waals surface area (Å²) in [6, 6.07) is 7.42. The van der Waals surface area contributed by atoms with Crippen LogP contribution >= 0.6 is 0 Å². The lowest BCUT2D eigenvalue weighted by Gasteiger charge is -2.09. The number of aromatic nitrogens is 2. The Morgan fingerprint density at radius 3 is 2.84 bits per heavy atom. The molecule has 0 fully saturated rings. The van der Waals surface area contributed by atoms with Crippen LogP contribution in [-0.4, -0.2) is 22.6 Å². The first-order chi connectivity index (χ1) is 9.22. The van der Waals surface area contributed by atoms with E-state index in [4.69, 9.17) is 4.74 Å². The minimum atomic E-state index is -0.311. The monoisotopic (exact) mass is 259 g/mol. The SMILES string of the molecule is COC(=O)c1ccccc1CNCc1nccn1C. The Hall–Kier alpha value is -2.14. The number of nitrogens with one attached hydrogen (secondary N) is 1. The van der Waals surface area contributed by atoms with E-state index in [2.05, 4.69) is 10.3 Å².